The summed E-state index contributed by atoms with van der Waals surface area (Å²) in [7, 11) is -4.10. The zero-order valence-electron chi connectivity index (χ0n) is 18.8. The van der Waals surface area contributed by atoms with E-state index in [4.69, 9.17) is 17.0 Å². The number of nitrogens with one attached hydrogen (secondary N) is 1. The van der Waals surface area contributed by atoms with Crippen molar-refractivity contribution in [1.29, 1.82) is 5.41 Å². The SMILES string of the molecule is Cc1ccc2nc3c(cc(S(=O)(=O)c4ccc(Cl)cc4)c(=N)n3CCc3ccccc3)c(=O)n2c1. The van der Waals surface area contributed by atoms with Gasteiger partial charge >= 0.3 is 0 Å². The van der Waals surface area contributed by atoms with E-state index in [1.54, 1.807) is 12.3 Å². The Balaban J connectivity index is 1.81. The molecule has 2 aromatic carbocycles. The first kappa shape index (κ1) is 23.0. The van der Waals surface area contributed by atoms with Crippen molar-refractivity contribution in [3.63, 3.8) is 0 Å². The van der Waals surface area contributed by atoms with Gasteiger partial charge in [0.2, 0.25) is 9.84 Å². The Kier molecular flexibility index (Phi) is 5.78. The molecule has 3 heterocycles. The monoisotopic (exact) mass is 504 g/mol. The number of pyridine rings is 2. The summed E-state index contributed by atoms with van der Waals surface area (Å²) >= 11 is 5.94. The van der Waals surface area contributed by atoms with Crippen LogP contribution in [0.4, 0.5) is 0 Å². The van der Waals surface area contributed by atoms with Crippen LogP contribution in [0.1, 0.15) is 11.1 Å². The van der Waals surface area contributed by atoms with Crippen LogP contribution in [0.25, 0.3) is 16.7 Å². The van der Waals surface area contributed by atoms with Gasteiger partial charge in [-0.1, -0.05) is 48.0 Å². The van der Waals surface area contributed by atoms with Crippen LogP contribution in [0.15, 0.2) is 93.6 Å². The molecule has 0 amide bonds. The lowest BCUT2D eigenvalue weighted by Gasteiger charge is -2.15. The third-order valence-electron chi connectivity index (χ3n) is 5.90. The molecule has 0 unspecified atom stereocenters. The largest absolute Gasteiger partial charge is 0.309 e. The fraction of sp³-hybridized carbons (Fsp3) is 0.115. The Labute approximate surface area is 206 Å². The predicted molar refractivity (Wildman–Crippen MR) is 135 cm³/mol. The van der Waals surface area contributed by atoms with E-state index < -0.39 is 15.4 Å². The number of aromatic nitrogens is 3. The van der Waals surface area contributed by atoms with Crippen molar-refractivity contribution in [2.75, 3.05) is 0 Å². The minimum atomic E-state index is -4.10. The molecule has 0 aliphatic rings. The van der Waals surface area contributed by atoms with E-state index in [-0.39, 0.29) is 32.9 Å². The summed E-state index contributed by atoms with van der Waals surface area (Å²) < 4.78 is 30.0. The van der Waals surface area contributed by atoms with Crippen LogP contribution in [0.5, 0.6) is 0 Å². The molecule has 0 atom stereocenters. The van der Waals surface area contributed by atoms with Crippen molar-refractivity contribution in [3.8, 4) is 0 Å². The molecule has 1 N–H and O–H groups in total. The Morgan fingerprint density at radius 1 is 1.00 bits per heavy atom. The molecule has 0 aliphatic carbocycles. The summed E-state index contributed by atoms with van der Waals surface area (Å²) in [5.74, 6) is 0. The van der Waals surface area contributed by atoms with Crippen molar-refractivity contribution >= 4 is 38.1 Å². The molecular formula is C26H21ClN4O3S. The molecule has 3 aromatic heterocycles. The quantitative estimate of drug-likeness (QED) is 0.363. The molecule has 0 saturated carbocycles. The highest BCUT2D eigenvalue weighted by molar-refractivity contribution is 7.91. The van der Waals surface area contributed by atoms with Gasteiger partial charge < -0.3 is 4.57 Å². The van der Waals surface area contributed by atoms with Crippen molar-refractivity contribution in [2.45, 2.75) is 29.7 Å². The zero-order valence-corrected chi connectivity index (χ0v) is 20.3. The number of halogens is 1. The minimum absolute atomic E-state index is 0.00551. The van der Waals surface area contributed by atoms with Gasteiger partial charge in [0.25, 0.3) is 5.56 Å². The Morgan fingerprint density at radius 3 is 2.43 bits per heavy atom. The zero-order chi connectivity index (χ0) is 24.7. The maximum absolute atomic E-state index is 13.6. The van der Waals surface area contributed by atoms with Crippen molar-refractivity contribution in [2.24, 2.45) is 0 Å². The fourth-order valence-electron chi connectivity index (χ4n) is 4.07. The highest BCUT2D eigenvalue weighted by Gasteiger charge is 2.24. The highest BCUT2D eigenvalue weighted by Crippen LogP contribution is 2.22. The van der Waals surface area contributed by atoms with Gasteiger partial charge in [-0.3, -0.25) is 14.6 Å². The second kappa shape index (κ2) is 8.79. The molecular weight excluding hydrogens is 484 g/mol. The number of fused-ring (bicyclic) bond motifs is 2. The van der Waals surface area contributed by atoms with Crippen molar-refractivity contribution in [1.82, 2.24) is 14.0 Å². The van der Waals surface area contributed by atoms with Crippen LogP contribution in [0.3, 0.4) is 0 Å². The summed E-state index contributed by atoms with van der Waals surface area (Å²) in [4.78, 5) is 17.9. The molecule has 0 spiro atoms. The molecule has 9 heteroatoms. The third-order valence-corrected chi connectivity index (χ3v) is 7.94. The summed E-state index contributed by atoms with van der Waals surface area (Å²) in [5, 5.41) is 9.39. The first-order valence-electron chi connectivity index (χ1n) is 10.9. The number of sulfone groups is 1. The van der Waals surface area contributed by atoms with E-state index in [2.05, 4.69) is 4.98 Å². The Hall–Kier alpha value is -3.75. The van der Waals surface area contributed by atoms with Gasteiger partial charge in [-0.2, -0.15) is 0 Å². The van der Waals surface area contributed by atoms with E-state index in [1.165, 1.54) is 39.3 Å². The molecule has 0 radical (unpaired) electrons. The molecule has 5 aromatic rings. The van der Waals surface area contributed by atoms with E-state index in [0.717, 1.165) is 11.1 Å². The number of rotatable bonds is 5. The normalized spacial score (nSPS) is 11.8. The Bertz CT molecular complexity index is 1810. The van der Waals surface area contributed by atoms with Crippen molar-refractivity contribution in [3.05, 3.63) is 111 Å². The number of hydrogen-bond acceptors (Lipinski definition) is 5. The average molecular weight is 505 g/mol. The van der Waals surface area contributed by atoms with E-state index in [9.17, 15) is 13.2 Å². The maximum atomic E-state index is 13.6. The molecule has 0 bridgehead atoms. The second-order valence-electron chi connectivity index (χ2n) is 8.29. The molecule has 7 nitrogen and oxygen atoms in total. The topological polar surface area (TPSA) is 97.3 Å². The molecule has 0 aliphatic heterocycles. The number of benzene rings is 2. The molecule has 5 rings (SSSR count). The number of aryl methyl sites for hydroxylation is 3. The minimum Gasteiger partial charge on any atom is -0.309 e. The Morgan fingerprint density at radius 2 is 1.71 bits per heavy atom. The van der Waals surface area contributed by atoms with Gasteiger partial charge in [-0.15, -0.1) is 0 Å². The van der Waals surface area contributed by atoms with Gasteiger partial charge in [-0.05, 0) is 60.9 Å². The second-order valence-corrected chi connectivity index (χ2v) is 10.6. The van der Waals surface area contributed by atoms with Crippen LogP contribution < -0.4 is 11.0 Å². The van der Waals surface area contributed by atoms with Crippen LogP contribution in [-0.4, -0.2) is 22.4 Å². The lowest BCUT2D eigenvalue weighted by atomic mass is 10.1. The van der Waals surface area contributed by atoms with E-state index in [1.807, 2.05) is 43.3 Å². The summed E-state index contributed by atoms with van der Waals surface area (Å²) in [6.07, 6.45) is 2.20. The van der Waals surface area contributed by atoms with Crippen LogP contribution >= 0.6 is 11.6 Å². The van der Waals surface area contributed by atoms with Crippen LogP contribution in [0, 0.1) is 12.3 Å². The van der Waals surface area contributed by atoms with Gasteiger partial charge in [-0.25, -0.2) is 13.4 Å². The number of hydrogen-bond donors (Lipinski definition) is 1. The summed E-state index contributed by atoms with van der Waals surface area (Å²) in [6, 6.07) is 20.3. The third kappa shape index (κ3) is 4.15. The van der Waals surface area contributed by atoms with Gasteiger partial charge in [0.1, 0.15) is 21.7 Å². The summed E-state index contributed by atoms with van der Waals surface area (Å²) in [6.45, 7) is 2.14. The lowest BCUT2D eigenvalue weighted by molar-refractivity contribution is 0.588. The maximum Gasteiger partial charge on any atom is 0.267 e. The van der Waals surface area contributed by atoms with Crippen LogP contribution in [-0.2, 0) is 22.8 Å². The van der Waals surface area contributed by atoms with Gasteiger partial charge in [0.15, 0.2) is 0 Å². The van der Waals surface area contributed by atoms with Gasteiger partial charge in [0, 0.05) is 17.8 Å². The lowest BCUT2D eigenvalue weighted by Crippen LogP contribution is -2.30. The first-order chi connectivity index (χ1) is 16.8. The van der Waals surface area contributed by atoms with Crippen molar-refractivity contribution < 1.29 is 8.42 Å². The molecule has 0 saturated heterocycles. The molecule has 0 fully saturated rings. The summed E-state index contributed by atoms with van der Waals surface area (Å²) in [5.41, 5.74) is 1.96. The van der Waals surface area contributed by atoms with E-state index >= 15 is 0 Å². The van der Waals surface area contributed by atoms with Crippen LogP contribution in [0.2, 0.25) is 5.02 Å². The standard InChI is InChI=1S/C26H21ClN4O3S/c1-17-7-12-23-29-25-21(26(32)31(23)16-17)15-22(35(33,34)20-10-8-19(27)9-11-20)24(28)30(25)14-13-18-5-3-2-4-6-18/h2-12,15-16,28H,13-14H2,1H3. The predicted octanol–water partition coefficient (Wildman–Crippen LogP) is 4.17. The van der Waals surface area contributed by atoms with Gasteiger partial charge in [0.05, 0.1) is 10.3 Å². The number of nitrogens with zero attached hydrogens (tertiary/aromatic N) is 3. The fourth-order valence-corrected chi connectivity index (χ4v) is 5.58. The first-order valence-corrected chi connectivity index (χ1v) is 12.8. The molecule has 176 valence electrons. The van der Waals surface area contributed by atoms with E-state index in [0.29, 0.717) is 17.1 Å². The molecule has 35 heavy (non-hydrogen) atoms. The average Bonchev–Trinajstić information content (AvgIpc) is 2.85. The smallest absolute Gasteiger partial charge is 0.267 e. The highest BCUT2D eigenvalue weighted by atomic mass is 35.5.